The molecule has 2 aromatic carbocycles. The van der Waals surface area contributed by atoms with Crippen LogP contribution in [0.2, 0.25) is 0 Å². The van der Waals surface area contributed by atoms with Crippen molar-refractivity contribution in [3.05, 3.63) is 66.7 Å². The first-order valence-corrected chi connectivity index (χ1v) is 9.50. The molecule has 9 nitrogen and oxygen atoms in total. The molecular formula is C22H24N4O5. The highest BCUT2D eigenvalue weighted by Gasteiger charge is 2.11. The first-order chi connectivity index (χ1) is 15.0. The minimum Gasteiger partial charge on any atom is -0.494 e. The number of hydrogen-bond acceptors (Lipinski definition) is 6. The minimum absolute atomic E-state index is 0.172. The third-order valence-corrected chi connectivity index (χ3v) is 3.71. The van der Waals surface area contributed by atoms with Crippen LogP contribution in [-0.2, 0) is 14.4 Å². The van der Waals surface area contributed by atoms with E-state index in [0.717, 1.165) is 5.75 Å². The van der Waals surface area contributed by atoms with Gasteiger partial charge in [-0.3, -0.25) is 14.4 Å². The van der Waals surface area contributed by atoms with Gasteiger partial charge >= 0.3 is 11.8 Å². The van der Waals surface area contributed by atoms with Crippen molar-refractivity contribution in [2.45, 2.75) is 6.92 Å². The summed E-state index contributed by atoms with van der Waals surface area (Å²) in [7, 11) is 0. The van der Waals surface area contributed by atoms with E-state index in [0.29, 0.717) is 23.6 Å². The number of carbonyl (C=O) groups is 3. The third kappa shape index (κ3) is 8.01. The zero-order valence-corrected chi connectivity index (χ0v) is 17.1. The molecule has 3 amide bonds. The van der Waals surface area contributed by atoms with Gasteiger partial charge < -0.3 is 20.1 Å². The van der Waals surface area contributed by atoms with Crippen LogP contribution in [0.4, 0.5) is 5.69 Å². The van der Waals surface area contributed by atoms with E-state index < -0.39 is 11.8 Å². The van der Waals surface area contributed by atoms with E-state index >= 15 is 0 Å². The lowest BCUT2D eigenvalue weighted by Gasteiger charge is -2.10. The van der Waals surface area contributed by atoms with Crippen LogP contribution in [0.15, 0.2) is 66.3 Å². The molecule has 0 heterocycles. The highest BCUT2D eigenvalue weighted by molar-refractivity contribution is 6.35. The van der Waals surface area contributed by atoms with E-state index in [1.54, 1.807) is 48.5 Å². The molecule has 0 saturated heterocycles. The fourth-order valence-corrected chi connectivity index (χ4v) is 2.32. The molecule has 3 N–H and O–H groups in total. The Morgan fingerprint density at radius 1 is 1.03 bits per heavy atom. The van der Waals surface area contributed by atoms with Gasteiger partial charge in [0.25, 0.3) is 5.91 Å². The molecule has 0 bridgehead atoms. The lowest BCUT2D eigenvalue weighted by atomic mass is 10.2. The van der Waals surface area contributed by atoms with E-state index in [4.69, 9.17) is 9.47 Å². The van der Waals surface area contributed by atoms with Gasteiger partial charge in [-0.15, -0.1) is 6.58 Å². The van der Waals surface area contributed by atoms with Crippen LogP contribution >= 0.6 is 0 Å². The molecule has 2 aromatic rings. The Kier molecular flexibility index (Phi) is 9.28. The number of hydrogen-bond donors (Lipinski definition) is 3. The maximum atomic E-state index is 12.2. The molecule has 0 aliphatic rings. The number of anilines is 1. The van der Waals surface area contributed by atoms with Gasteiger partial charge in [0, 0.05) is 17.8 Å². The van der Waals surface area contributed by atoms with Crippen LogP contribution in [0, 0.1) is 0 Å². The topological polar surface area (TPSA) is 118 Å². The monoisotopic (exact) mass is 424 g/mol. The van der Waals surface area contributed by atoms with Crippen molar-refractivity contribution in [1.82, 2.24) is 10.7 Å². The normalized spacial score (nSPS) is 10.2. The molecule has 0 aliphatic heterocycles. The smallest absolute Gasteiger partial charge is 0.329 e. The average Bonchev–Trinajstić information content (AvgIpc) is 2.78. The molecule has 0 unspecified atom stereocenters. The Hall–Kier alpha value is -4.14. The number of hydrazone groups is 1. The summed E-state index contributed by atoms with van der Waals surface area (Å²) in [6.07, 6.45) is 2.77. The summed E-state index contributed by atoms with van der Waals surface area (Å²) in [5, 5.41) is 8.81. The van der Waals surface area contributed by atoms with Gasteiger partial charge in [-0.2, -0.15) is 5.10 Å². The van der Waals surface area contributed by atoms with Gasteiger partial charge in [0.2, 0.25) is 0 Å². The summed E-state index contributed by atoms with van der Waals surface area (Å²) < 4.78 is 10.9. The summed E-state index contributed by atoms with van der Waals surface area (Å²) in [5.41, 5.74) is 3.25. The summed E-state index contributed by atoms with van der Waals surface area (Å²) in [4.78, 5) is 35.2. The van der Waals surface area contributed by atoms with Crippen molar-refractivity contribution in [1.29, 1.82) is 0 Å². The zero-order chi connectivity index (χ0) is 22.5. The average molecular weight is 424 g/mol. The molecule has 2 rings (SSSR count). The molecule has 0 atom stereocenters. The molecule has 9 heteroatoms. The Bertz CT molecular complexity index is 941. The SMILES string of the molecule is C=CCNC(=O)C(=O)N/N=C\c1ccccc1OCC(=O)Nc1ccc(OCC)cc1. The number of ether oxygens (including phenoxy) is 2. The van der Waals surface area contributed by atoms with E-state index in [-0.39, 0.29) is 19.1 Å². The maximum absolute atomic E-state index is 12.2. The second kappa shape index (κ2) is 12.4. The number of benzene rings is 2. The van der Waals surface area contributed by atoms with E-state index in [1.165, 1.54) is 12.3 Å². The molecule has 0 aliphatic carbocycles. The van der Waals surface area contributed by atoms with Crippen molar-refractivity contribution >= 4 is 29.6 Å². The van der Waals surface area contributed by atoms with Gasteiger partial charge in [-0.25, -0.2) is 5.43 Å². The third-order valence-electron chi connectivity index (χ3n) is 3.71. The Morgan fingerprint density at radius 3 is 2.48 bits per heavy atom. The second-order valence-electron chi connectivity index (χ2n) is 6.03. The number of amides is 3. The quantitative estimate of drug-likeness (QED) is 0.233. The van der Waals surface area contributed by atoms with Gasteiger partial charge in [-0.05, 0) is 43.3 Å². The van der Waals surface area contributed by atoms with Gasteiger partial charge in [0.1, 0.15) is 11.5 Å². The van der Waals surface area contributed by atoms with Crippen LogP contribution in [0.3, 0.4) is 0 Å². The maximum Gasteiger partial charge on any atom is 0.329 e. The van der Waals surface area contributed by atoms with Crippen LogP contribution in [-0.4, -0.2) is 43.7 Å². The first-order valence-electron chi connectivity index (χ1n) is 9.50. The lowest BCUT2D eigenvalue weighted by Crippen LogP contribution is -2.37. The summed E-state index contributed by atoms with van der Waals surface area (Å²) in [6.45, 7) is 5.84. The molecule has 0 spiro atoms. The number of carbonyl (C=O) groups excluding carboxylic acids is 3. The van der Waals surface area contributed by atoms with Crippen LogP contribution in [0.5, 0.6) is 11.5 Å². The van der Waals surface area contributed by atoms with Gasteiger partial charge in [-0.1, -0.05) is 18.2 Å². The standard InChI is InChI=1S/C22H24N4O5/c1-3-13-23-21(28)22(29)26-24-14-16-7-5-6-8-19(16)31-15-20(27)25-17-9-11-18(12-10-17)30-4-2/h3,5-12,14H,1,4,13,15H2,2H3,(H,23,28)(H,25,27)(H,26,29)/b24-14-. The summed E-state index contributed by atoms with van der Waals surface area (Å²) in [6, 6.07) is 13.8. The minimum atomic E-state index is -0.911. The van der Waals surface area contributed by atoms with Crippen molar-refractivity contribution in [3.63, 3.8) is 0 Å². The molecule has 0 radical (unpaired) electrons. The predicted octanol–water partition coefficient (Wildman–Crippen LogP) is 1.86. The van der Waals surface area contributed by atoms with Crippen LogP contribution < -0.4 is 25.5 Å². The Labute approximate surface area is 180 Å². The molecule has 0 fully saturated rings. The Balaban J connectivity index is 1.88. The first kappa shape index (κ1) is 23.1. The number of para-hydroxylation sites is 1. The summed E-state index contributed by atoms with van der Waals surface area (Å²) >= 11 is 0. The van der Waals surface area contributed by atoms with Crippen molar-refractivity contribution in [3.8, 4) is 11.5 Å². The highest BCUT2D eigenvalue weighted by atomic mass is 16.5. The van der Waals surface area contributed by atoms with Crippen molar-refractivity contribution < 1.29 is 23.9 Å². The molecule has 162 valence electrons. The molecular weight excluding hydrogens is 400 g/mol. The largest absolute Gasteiger partial charge is 0.494 e. The van der Waals surface area contributed by atoms with E-state index in [9.17, 15) is 14.4 Å². The van der Waals surface area contributed by atoms with E-state index in [2.05, 4.69) is 27.7 Å². The van der Waals surface area contributed by atoms with Crippen molar-refractivity contribution in [2.75, 3.05) is 25.1 Å². The number of nitrogens with one attached hydrogen (secondary N) is 3. The fourth-order valence-electron chi connectivity index (χ4n) is 2.32. The molecule has 0 saturated carbocycles. The zero-order valence-electron chi connectivity index (χ0n) is 17.1. The lowest BCUT2D eigenvalue weighted by molar-refractivity contribution is -0.139. The van der Waals surface area contributed by atoms with Crippen molar-refractivity contribution in [2.24, 2.45) is 5.10 Å². The Morgan fingerprint density at radius 2 is 1.77 bits per heavy atom. The second-order valence-corrected chi connectivity index (χ2v) is 6.03. The highest BCUT2D eigenvalue weighted by Crippen LogP contribution is 2.17. The summed E-state index contributed by atoms with van der Waals surface area (Å²) in [5.74, 6) is -0.976. The van der Waals surface area contributed by atoms with E-state index in [1.807, 2.05) is 6.92 Å². The molecule has 31 heavy (non-hydrogen) atoms. The fraction of sp³-hybridized carbons (Fsp3) is 0.182. The number of rotatable bonds is 10. The van der Waals surface area contributed by atoms with Gasteiger partial charge in [0.15, 0.2) is 6.61 Å². The molecule has 0 aromatic heterocycles. The van der Waals surface area contributed by atoms with Crippen LogP contribution in [0.25, 0.3) is 0 Å². The number of nitrogens with zero attached hydrogens (tertiary/aromatic N) is 1. The van der Waals surface area contributed by atoms with Gasteiger partial charge in [0.05, 0.1) is 12.8 Å². The van der Waals surface area contributed by atoms with Crippen LogP contribution in [0.1, 0.15) is 12.5 Å². The predicted molar refractivity (Wildman–Crippen MR) is 117 cm³/mol.